The zero-order chi connectivity index (χ0) is 13.8. The fourth-order valence-corrected chi connectivity index (χ4v) is 2.08. The fourth-order valence-electron chi connectivity index (χ4n) is 2.08. The van der Waals surface area contributed by atoms with E-state index >= 15 is 0 Å². The number of aryl methyl sites for hydroxylation is 1. The molecule has 3 heteroatoms. The zero-order valence-electron chi connectivity index (χ0n) is 10.9. The van der Waals surface area contributed by atoms with Crippen LogP contribution in [0, 0.1) is 0 Å². The van der Waals surface area contributed by atoms with Crippen LogP contribution >= 0.6 is 0 Å². The third-order valence-corrected chi connectivity index (χ3v) is 3.12. The third-order valence-electron chi connectivity index (χ3n) is 3.12. The molecule has 0 radical (unpaired) electrons. The van der Waals surface area contributed by atoms with Gasteiger partial charge >= 0.3 is 0 Å². The van der Waals surface area contributed by atoms with Gasteiger partial charge < -0.3 is 15.3 Å². The average Bonchev–Trinajstić information content (AvgIpc) is 2.36. The van der Waals surface area contributed by atoms with Crippen molar-refractivity contribution in [3.05, 3.63) is 42.0 Å². The molecule has 0 amide bonds. The lowest BCUT2D eigenvalue weighted by atomic mass is 10.0. The first-order valence-electron chi connectivity index (χ1n) is 6.45. The predicted octanol–water partition coefficient (Wildman–Crippen LogP) is 3.81. The van der Waals surface area contributed by atoms with Gasteiger partial charge in [-0.15, -0.1) is 0 Å². The van der Waals surface area contributed by atoms with Gasteiger partial charge in [0.15, 0.2) is 0 Å². The van der Waals surface area contributed by atoms with Gasteiger partial charge in [0.05, 0.1) is 0 Å². The molecule has 0 aliphatic heterocycles. The van der Waals surface area contributed by atoms with Crippen LogP contribution in [0.3, 0.4) is 0 Å². The number of hydrogen-bond donors (Lipinski definition) is 3. The highest BCUT2D eigenvalue weighted by atomic mass is 16.3. The molecule has 0 heterocycles. The maximum absolute atomic E-state index is 9.99. The maximum atomic E-state index is 9.99. The van der Waals surface area contributed by atoms with Gasteiger partial charge in [0.1, 0.15) is 17.2 Å². The Bertz CT molecular complexity index is 556. The summed E-state index contributed by atoms with van der Waals surface area (Å²) in [7, 11) is 0. The molecule has 0 aliphatic carbocycles. The van der Waals surface area contributed by atoms with Crippen LogP contribution in [0.2, 0.25) is 0 Å². The van der Waals surface area contributed by atoms with Crippen LogP contribution in [-0.2, 0) is 6.42 Å². The molecule has 2 aromatic rings. The molecule has 0 unspecified atom stereocenters. The van der Waals surface area contributed by atoms with E-state index in [2.05, 4.69) is 6.92 Å². The molecule has 19 heavy (non-hydrogen) atoms. The molecular weight excluding hydrogens is 240 g/mol. The number of rotatable bonds is 4. The Hall–Kier alpha value is -2.16. The first kappa shape index (κ1) is 13.3. The Morgan fingerprint density at radius 1 is 0.842 bits per heavy atom. The smallest absolute Gasteiger partial charge is 0.119 e. The molecule has 3 N–H and O–H groups in total. The van der Waals surface area contributed by atoms with Crippen LogP contribution in [0.5, 0.6) is 17.2 Å². The normalized spacial score (nSPS) is 10.6. The van der Waals surface area contributed by atoms with Gasteiger partial charge in [-0.2, -0.15) is 0 Å². The lowest BCUT2D eigenvalue weighted by Crippen LogP contribution is -1.87. The van der Waals surface area contributed by atoms with E-state index in [1.54, 1.807) is 18.2 Å². The largest absolute Gasteiger partial charge is 0.508 e. The average molecular weight is 258 g/mol. The Labute approximate surface area is 112 Å². The first-order chi connectivity index (χ1) is 9.10. The van der Waals surface area contributed by atoms with Gasteiger partial charge in [-0.3, -0.25) is 0 Å². The number of unbranched alkanes of at least 4 members (excludes halogenated alkanes) is 1. The highest BCUT2D eigenvalue weighted by molar-refractivity contribution is 5.69. The number of phenolic OH excluding ortho intramolecular Hbond substituents is 3. The van der Waals surface area contributed by atoms with Crippen molar-refractivity contribution in [2.45, 2.75) is 26.2 Å². The van der Waals surface area contributed by atoms with Crippen LogP contribution in [-0.4, -0.2) is 15.3 Å². The van der Waals surface area contributed by atoms with E-state index in [0.717, 1.165) is 30.4 Å². The second-order valence-electron chi connectivity index (χ2n) is 4.69. The number of hydrogen-bond acceptors (Lipinski definition) is 3. The van der Waals surface area contributed by atoms with Crippen molar-refractivity contribution >= 4 is 0 Å². The molecule has 0 spiro atoms. The van der Waals surface area contributed by atoms with Crippen molar-refractivity contribution in [3.63, 3.8) is 0 Å². The minimum Gasteiger partial charge on any atom is -0.508 e. The molecule has 3 nitrogen and oxygen atoms in total. The van der Waals surface area contributed by atoms with E-state index in [4.69, 9.17) is 0 Å². The van der Waals surface area contributed by atoms with Crippen LogP contribution in [0.25, 0.3) is 11.1 Å². The molecule has 100 valence electrons. The SMILES string of the molecule is CCCCc1ccc(-c2cc(O)cc(O)c2)cc1O. The molecule has 0 atom stereocenters. The summed E-state index contributed by atoms with van der Waals surface area (Å²) < 4.78 is 0. The van der Waals surface area contributed by atoms with Crippen LogP contribution in [0.1, 0.15) is 25.3 Å². The second kappa shape index (κ2) is 5.65. The van der Waals surface area contributed by atoms with E-state index < -0.39 is 0 Å². The van der Waals surface area contributed by atoms with Gasteiger partial charge in [0, 0.05) is 6.07 Å². The summed E-state index contributed by atoms with van der Waals surface area (Å²) in [6, 6.07) is 9.83. The third kappa shape index (κ3) is 3.19. The molecule has 0 saturated carbocycles. The number of aromatic hydroxyl groups is 3. The number of benzene rings is 2. The van der Waals surface area contributed by atoms with Crippen LogP contribution < -0.4 is 0 Å². The van der Waals surface area contributed by atoms with Crippen molar-refractivity contribution in [1.29, 1.82) is 0 Å². The van der Waals surface area contributed by atoms with E-state index in [1.807, 2.05) is 12.1 Å². The lowest BCUT2D eigenvalue weighted by Gasteiger charge is -2.08. The minimum atomic E-state index is 0.00421. The summed E-state index contributed by atoms with van der Waals surface area (Å²) >= 11 is 0. The highest BCUT2D eigenvalue weighted by Crippen LogP contribution is 2.32. The molecule has 0 aromatic heterocycles. The summed E-state index contributed by atoms with van der Waals surface area (Å²) in [6.07, 6.45) is 2.98. The van der Waals surface area contributed by atoms with Crippen molar-refractivity contribution in [3.8, 4) is 28.4 Å². The molecule has 2 rings (SSSR count). The van der Waals surface area contributed by atoms with Crippen molar-refractivity contribution in [1.82, 2.24) is 0 Å². The van der Waals surface area contributed by atoms with E-state index in [9.17, 15) is 15.3 Å². The summed E-state index contributed by atoms with van der Waals surface area (Å²) in [6.45, 7) is 2.11. The molecule has 0 bridgehead atoms. The standard InChI is InChI=1S/C16H18O3/c1-2-3-4-11-5-6-12(9-16(11)19)13-7-14(17)10-15(18)8-13/h5-10,17-19H,2-4H2,1H3. The minimum absolute atomic E-state index is 0.00421. The van der Waals surface area contributed by atoms with E-state index in [-0.39, 0.29) is 17.2 Å². The van der Waals surface area contributed by atoms with Crippen molar-refractivity contribution < 1.29 is 15.3 Å². The van der Waals surface area contributed by atoms with Gasteiger partial charge in [-0.05, 0) is 47.7 Å². The van der Waals surface area contributed by atoms with E-state index in [0.29, 0.717) is 5.56 Å². The Balaban J connectivity index is 2.33. The quantitative estimate of drug-likeness (QED) is 0.781. The second-order valence-corrected chi connectivity index (χ2v) is 4.69. The van der Waals surface area contributed by atoms with Gasteiger partial charge in [-0.25, -0.2) is 0 Å². The molecule has 2 aromatic carbocycles. The molecular formula is C16H18O3. The maximum Gasteiger partial charge on any atom is 0.119 e. The monoisotopic (exact) mass is 258 g/mol. The molecule has 0 saturated heterocycles. The zero-order valence-corrected chi connectivity index (χ0v) is 10.9. The van der Waals surface area contributed by atoms with E-state index in [1.165, 1.54) is 6.07 Å². The van der Waals surface area contributed by atoms with Crippen LogP contribution in [0.4, 0.5) is 0 Å². The topological polar surface area (TPSA) is 60.7 Å². The summed E-state index contributed by atoms with van der Waals surface area (Å²) in [4.78, 5) is 0. The Morgan fingerprint density at radius 2 is 1.53 bits per heavy atom. The summed E-state index contributed by atoms with van der Waals surface area (Å²) in [5.74, 6) is 0.267. The summed E-state index contributed by atoms with van der Waals surface area (Å²) in [5.41, 5.74) is 2.37. The lowest BCUT2D eigenvalue weighted by molar-refractivity contribution is 0.451. The highest BCUT2D eigenvalue weighted by Gasteiger charge is 2.06. The van der Waals surface area contributed by atoms with Crippen molar-refractivity contribution in [2.24, 2.45) is 0 Å². The predicted molar refractivity (Wildman–Crippen MR) is 75.5 cm³/mol. The first-order valence-corrected chi connectivity index (χ1v) is 6.45. The van der Waals surface area contributed by atoms with Gasteiger partial charge in [0.25, 0.3) is 0 Å². The van der Waals surface area contributed by atoms with Gasteiger partial charge in [0.2, 0.25) is 0 Å². The fraction of sp³-hybridized carbons (Fsp3) is 0.250. The molecule has 0 aliphatic rings. The molecule has 0 fully saturated rings. The number of phenols is 3. The Kier molecular flexibility index (Phi) is 3.95. The van der Waals surface area contributed by atoms with Crippen molar-refractivity contribution in [2.75, 3.05) is 0 Å². The van der Waals surface area contributed by atoms with Crippen LogP contribution in [0.15, 0.2) is 36.4 Å². The van der Waals surface area contributed by atoms with Gasteiger partial charge in [-0.1, -0.05) is 25.5 Å². The Morgan fingerprint density at radius 3 is 2.11 bits per heavy atom. The summed E-state index contributed by atoms with van der Waals surface area (Å²) in [5, 5.41) is 28.9.